The number of thiazole rings is 1. The van der Waals surface area contributed by atoms with Gasteiger partial charge in [0.25, 0.3) is 0 Å². The third kappa shape index (κ3) is 5.98. The van der Waals surface area contributed by atoms with E-state index in [1.807, 2.05) is 5.38 Å². The van der Waals surface area contributed by atoms with E-state index in [2.05, 4.69) is 34.0 Å². The first kappa shape index (κ1) is 21.6. The topological polar surface area (TPSA) is 71.3 Å². The Bertz CT molecular complexity index is 1010. The van der Waals surface area contributed by atoms with Crippen molar-refractivity contribution in [2.45, 2.75) is 39.7 Å². The molecule has 1 fully saturated rings. The van der Waals surface area contributed by atoms with Gasteiger partial charge in [-0.05, 0) is 42.5 Å². The SMILES string of the molecule is CC1CC(C)CN(Cc2csc(NC(=O)CCc3ncc(-c4ccc(F)cc4)o3)n2)C1. The average molecular weight is 443 g/mol. The van der Waals surface area contributed by atoms with Crippen molar-refractivity contribution in [1.82, 2.24) is 14.9 Å². The fourth-order valence-corrected chi connectivity index (χ4v) is 4.88. The smallest absolute Gasteiger partial charge is 0.226 e. The number of rotatable bonds is 7. The van der Waals surface area contributed by atoms with E-state index >= 15 is 0 Å². The molecule has 0 aliphatic carbocycles. The molecule has 4 rings (SSSR count). The second-order valence-corrected chi connectivity index (χ2v) is 9.32. The van der Waals surface area contributed by atoms with E-state index in [4.69, 9.17) is 4.42 Å². The first-order chi connectivity index (χ1) is 14.9. The van der Waals surface area contributed by atoms with Crippen LogP contribution in [0, 0.1) is 17.7 Å². The maximum atomic E-state index is 13.0. The number of aromatic nitrogens is 2. The molecule has 6 nitrogen and oxygen atoms in total. The van der Waals surface area contributed by atoms with E-state index in [1.54, 1.807) is 18.3 Å². The van der Waals surface area contributed by atoms with Crippen LogP contribution in [0.2, 0.25) is 0 Å². The Hall–Kier alpha value is -2.58. The predicted octanol–water partition coefficient (Wildman–Crippen LogP) is 4.99. The number of piperidine rings is 1. The maximum Gasteiger partial charge on any atom is 0.226 e. The van der Waals surface area contributed by atoms with Crippen molar-refractivity contribution in [2.75, 3.05) is 18.4 Å². The van der Waals surface area contributed by atoms with E-state index in [0.717, 1.165) is 30.9 Å². The number of benzene rings is 1. The van der Waals surface area contributed by atoms with Crippen molar-refractivity contribution in [3.63, 3.8) is 0 Å². The lowest BCUT2D eigenvalue weighted by Gasteiger charge is -2.34. The molecule has 2 aromatic heterocycles. The number of nitrogens with zero attached hydrogens (tertiary/aromatic N) is 3. The molecule has 31 heavy (non-hydrogen) atoms. The number of carbonyl (C=O) groups excluding carboxylic acids is 1. The average Bonchev–Trinajstić information content (AvgIpc) is 3.36. The largest absolute Gasteiger partial charge is 0.441 e. The zero-order chi connectivity index (χ0) is 21.8. The third-order valence-corrected chi connectivity index (χ3v) is 6.18. The second-order valence-electron chi connectivity index (χ2n) is 8.46. The standard InChI is InChI=1S/C23H27FN4O2S/c1-15-9-16(2)12-28(11-15)13-19-14-31-23(26-19)27-21(29)7-8-22-25-10-20(30-22)17-3-5-18(24)6-4-17/h3-6,10,14-16H,7-9,11-13H2,1-2H3,(H,26,27,29). The molecule has 164 valence electrons. The lowest BCUT2D eigenvalue weighted by atomic mass is 9.92. The molecule has 3 heterocycles. The van der Waals surface area contributed by atoms with Gasteiger partial charge in [0, 0.05) is 43.4 Å². The third-order valence-electron chi connectivity index (χ3n) is 5.38. The first-order valence-electron chi connectivity index (χ1n) is 10.6. The number of hydrogen-bond donors (Lipinski definition) is 1. The fourth-order valence-electron chi connectivity index (χ4n) is 4.16. The number of likely N-dealkylation sites (tertiary alicyclic amines) is 1. The summed E-state index contributed by atoms with van der Waals surface area (Å²) in [5.41, 5.74) is 1.75. The van der Waals surface area contributed by atoms with Crippen molar-refractivity contribution >= 4 is 22.4 Å². The summed E-state index contributed by atoms with van der Waals surface area (Å²) in [4.78, 5) is 23.6. The number of nitrogens with one attached hydrogen (secondary N) is 1. The molecule has 8 heteroatoms. The molecule has 0 spiro atoms. The van der Waals surface area contributed by atoms with Crippen molar-refractivity contribution in [3.05, 3.63) is 53.2 Å². The summed E-state index contributed by atoms with van der Waals surface area (Å²) in [6, 6.07) is 6.02. The Kier molecular flexibility index (Phi) is 6.77. The van der Waals surface area contributed by atoms with Gasteiger partial charge in [-0.1, -0.05) is 13.8 Å². The van der Waals surface area contributed by atoms with Crippen LogP contribution in [0.25, 0.3) is 11.3 Å². The number of hydrogen-bond acceptors (Lipinski definition) is 6. The van der Waals surface area contributed by atoms with E-state index in [1.165, 1.54) is 29.9 Å². The van der Waals surface area contributed by atoms with Gasteiger partial charge in [-0.25, -0.2) is 14.4 Å². The Balaban J connectivity index is 1.25. The van der Waals surface area contributed by atoms with Crippen LogP contribution in [0.4, 0.5) is 9.52 Å². The van der Waals surface area contributed by atoms with Crippen LogP contribution in [0.3, 0.4) is 0 Å². The summed E-state index contributed by atoms with van der Waals surface area (Å²) in [7, 11) is 0. The number of carbonyl (C=O) groups is 1. The summed E-state index contributed by atoms with van der Waals surface area (Å²) < 4.78 is 18.7. The van der Waals surface area contributed by atoms with E-state index in [9.17, 15) is 9.18 Å². The summed E-state index contributed by atoms with van der Waals surface area (Å²) in [5, 5.41) is 5.51. The van der Waals surface area contributed by atoms with Crippen LogP contribution in [0.15, 0.2) is 40.3 Å². The Morgan fingerprint density at radius 1 is 1.26 bits per heavy atom. The molecule has 1 amide bonds. The summed E-state index contributed by atoms with van der Waals surface area (Å²) >= 11 is 1.45. The van der Waals surface area contributed by atoms with Crippen LogP contribution < -0.4 is 5.32 Å². The molecule has 1 aliphatic heterocycles. The van der Waals surface area contributed by atoms with Gasteiger partial charge in [0.1, 0.15) is 5.82 Å². The van der Waals surface area contributed by atoms with Crippen LogP contribution in [0.1, 0.15) is 38.3 Å². The van der Waals surface area contributed by atoms with Crippen LogP contribution >= 0.6 is 11.3 Å². The second kappa shape index (κ2) is 9.70. The van der Waals surface area contributed by atoms with Crippen molar-refractivity contribution < 1.29 is 13.6 Å². The van der Waals surface area contributed by atoms with Crippen LogP contribution in [0.5, 0.6) is 0 Å². The van der Waals surface area contributed by atoms with Gasteiger partial charge in [0.15, 0.2) is 16.8 Å². The number of oxazole rings is 1. The van der Waals surface area contributed by atoms with Gasteiger partial charge in [-0.15, -0.1) is 11.3 Å². The normalized spacial score (nSPS) is 19.5. The predicted molar refractivity (Wildman–Crippen MR) is 119 cm³/mol. The molecule has 1 aliphatic rings. The molecular formula is C23H27FN4O2S. The molecule has 1 N–H and O–H groups in total. The Labute approximate surface area is 185 Å². The summed E-state index contributed by atoms with van der Waals surface area (Å²) in [6.07, 6.45) is 3.51. The highest BCUT2D eigenvalue weighted by atomic mass is 32.1. The van der Waals surface area contributed by atoms with Gasteiger partial charge in [-0.2, -0.15) is 0 Å². The number of halogens is 1. The Morgan fingerprint density at radius 2 is 2.00 bits per heavy atom. The summed E-state index contributed by atoms with van der Waals surface area (Å²) in [5.74, 6) is 2.03. The van der Waals surface area contributed by atoms with Gasteiger partial charge in [0.05, 0.1) is 11.9 Å². The highest BCUT2D eigenvalue weighted by molar-refractivity contribution is 7.13. The molecule has 0 bridgehead atoms. The van der Waals surface area contributed by atoms with Crippen molar-refractivity contribution in [2.24, 2.45) is 11.8 Å². The molecule has 1 aromatic carbocycles. The molecule has 2 unspecified atom stereocenters. The minimum Gasteiger partial charge on any atom is -0.441 e. The monoisotopic (exact) mass is 442 g/mol. The maximum absolute atomic E-state index is 13.0. The van der Waals surface area contributed by atoms with E-state index < -0.39 is 0 Å². The molecule has 3 aromatic rings. The Morgan fingerprint density at radius 3 is 2.74 bits per heavy atom. The lowest BCUT2D eigenvalue weighted by Crippen LogP contribution is -2.38. The van der Waals surface area contributed by atoms with Gasteiger partial charge < -0.3 is 9.73 Å². The number of aryl methyl sites for hydroxylation is 1. The van der Waals surface area contributed by atoms with Crippen molar-refractivity contribution in [1.29, 1.82) is 0 Å². The zero-order valence-corrected chi connectivity index (χ0v) is 18.6. The van der Waals surface area contributed by atoms with Crippen LogP contribution in [-0.4, -0.2) is 33.9 Å². The highest BCUT2D eigenvalue weighted by Crippen LogP contribution is 2.24. The number of amides is 1. The first-order valence-corrected chi connectivity index (χ1v) is 11.5. The van der Waals surface area contributed by atoms with Crippen molar-refractivity contribution in [3.8, 4) is 11.3 Å². The molecule has 0 saturated carbocycles. The highest BCUT2D eigenvalue weighted by Gasteiger charge is 2.22. The fraction of sp³-hybridized carbons (Fsp3) is 0.435. The van der Waals surface area contributed by atoms with Crippen LogP contribution in [-0.2, 0) is 17.8 Å². The van der Waals surface area contributed by atoms with E-state index in [-0.39, 0.29) is 18.1 Å². The zero-order valence-electron chi connectivity index (χ0n) is 17.8. The molecular weight excluding hydrogens is 415 g/mol. The minimum absolute atomic E-state index is 0.123. The summed E-state index contributed by atoms with van der Waals surface area (Å²) in [6.45, 7) is 7.61. The molecule has 1 saturated heterocycles. The minimum atomic E-state index is -0.300. The quantitative estimate of drug-likeness (QED) is 0.558. The number of anilines is 1. The lowest BCUT2D eigenvalue weighted by molar-refractivity contribution is -0.116. The molecule has 2 atom stereocenters. The van der Waals surface area contributed by atoms with Gasteiger partial charge >= 0.3 is 0 Å². The van der Waals surface area contributed by atoms with Gasteiger partial charge in [-0.3, -0.25) is 9.69 Å². The molecule has 0 radical (unpaired) electrons. The van der Waals surface area contributed by atoms with E-state index in [0.29, 0.717) is 35.0 Å². The van der Waals surface area contributed by atoms with Gasteiger partial charge in [0.2, 0.25) is 5.91 Å².